The van der Waals surface area contributed by atoms with E-state index in [0.717, 1.165) is 24.7 Å². The van der Waals surface area contributed by atoms with Crippen LogP contribution in [0.1, 0.15) is 17.2 Å². The highest BCUT2D eigenvalue weighted by Gasteiger charge is 2.03. The molecule has 1 N–H and O–H groups in total. The van der Waals surface area contributed by atoms with E-state index in [4.69, 9.17) is 0 Å². The van der Waals surface area contributed by atoms with Crippen molar-refractivity contribution in [2.24, 2.45) is 7.05 Å². The SMILES string of the molecule is Cc1nnc(CNCc2ccsc2)n1C. The third-order valence-corrected chi connectivity index (χ3v) is 3.11. The van der Waals surface area contributed by atoms with Crippen molar-refractivity contribution in [1.29, 1.82) is 0 Å². The van der Waals surface area contributed by atoms with Crippen molar-refractivity contribution in [3.8, 4) is 0 Å². The predicted octanol–water partition coefficient (Wildman–Crippen LogP) is 1.47. The van der Waals surface area contributed by atoms with Crippen LogP contribution in [0.15, 0.2) is 16.8 Å². The minimum absolute atomic E-state index is 0.757. The van der Waals surface area contributed by atoms with E-state index in [0.29, 0.717) is 0 Å². The van der Waals surface area contributed by atoms with Gasteiger partial charge >= 0.3 is 0 Å². The molecule has 0 atom stereocenters. The number of aryl methyl sites for hydroxylation is 1. The Bertz CT molecular complexity index is 419. The molecule has 0 aliphatic heterocycles. The molecule has 2 heterocycles. The molecule has 4 nitrogen and oxygen atoms in total. The van der Waals surface area contributed by atoms with E-state index in [1.54, 1.807) is 11.3 Å². The molecule has 0 saturated heterocycles. The Morgan fingerprint density at radius 3 is 2.87 bits per heavy atom. The monoisotopic (exact) mass is 222 g/mol. The number of nitrogens with zero attached hydrogens (tertiary/aromatic N) is 3. The van der Waals surface area contributed by atoms with Crippen LogP contribution < -0.4 is 5.32 Å². The average Bonchev–Trinajstić information content (AvgIpc) is 2.83. The van der Waals surface area contributed by atoms with Crippen molar-refractivity contribution < 1.29 is 0 Å². The average molecular weight is 222 g/mol. The van der Waals surface area contributed by atoms with Crippen LogP contribution in [0.2, 0.25) is 0 Å². The number of thiophene rings is 1. The lowest BCUT2D eigenvalue weighted by molar-refractivity contribution is 0.635. The summed E-state index contributed by atoms with van der Waals surface area (Å²) in [6.45, 7) is 3.60. The van der Waals surface area contributed by atoms with Crippen LogP contribution in [0.3, 0.4) is 0 Å². The van der Waals surface area contributed by atoms with Crippen LogP contribution in [0.25, 0.3) is 0 Å². The van der Waals surface area contributed by atoms with E-state index in [-0.39, 0.29) is 0 Å². The van der Waals surface area contributed by atoms with Crippen molar-refractivity contribution in [2.75, 3.05) is 0 Å². The second-order valence-corrected chi connectivity index (χ2v) is 4.24. The highest BCUT2D eigenvalue weighted by atomic mass is 32.1. The number of nitrogens with one attached hydrogen (secondary N) is 1. The van der Waals surface area contributed by atoms with E-state index in [9.17, 15) is 0 Å². The molecule has 80 valence electrons. The van der Waals surface area contributed by atoms with Gasteiger partial charge in [-0.25, -0.2) is 0 Å². The Kier molecular flexibility index (Phi) is 3.13. The highest BCUT2D eigenvalue weighted by molar-refractivity contribution is 7.07. The number of hydrogen-bond acceptors (Lipinski definition) is 4. The van der Waals surface area contributed by atoms with Crippen LogP contribution in [0.4, 0.5) is 0 Å². The van der Waals surface area contributed by atoms with Crippen molar-refractivity contribution in [3.63, 3.8) is 0 Å². The minimum Gasteiger partial charge on any atom is -0.317 e. The first kappa shape index (κ1) is 10.3. The fourth-order valence-corrected chi connectivity index (χ4v) is 1.99. The highest BCUT2D eigenvalue weighted by Crippen LogP contribution is 2.05. The lowest BCUT2D eigenvalue weighted by Gasteiger charge is -2.03. The normalized spacial score (nSPS) is 10.8. The summed E-state index contributed by atoms with van der Waals surface area (Å²) in [5, 5.41) is 15.7. The molecule has 0 radical (unpaired) electrons. The van der Waals surface area contributed by atoms with Gasteiger partial charge in [-0.3, -0.25) is 0 Å². The minimum atomic E-state index is 0.757. The maximum absolute atomic E-state index is 4.09. The molecule has 0 aliphatic rings. The molecular weight excluding hydrogens is 208 g/mol. The number of rotatable bonds is 4. The summed E-state index contributed by atoms with van der Waals surface area (Å²) in [6.07, 6.45) is 0. The number of hydrogen-bond donors (Lipinski definition) is 1. The van der Waals surface area contributed by atoms with E-state index < -0.39 is 0 Å². The first-order chi connectivity index (χ1) is 7.27. The molecule has 0 unspecified atom stereocenters. The fraction of sp³-hybridized carbons (Fsp3) is 0.400. The molecule has 15 heavy (non-hydrogen) atoms. The lowest BCUT2D eigenvalue weighted by atomic mass is 10.3. The number of aromatic nitrogens is 3. The van der Waals surface area contributed by atoms with Gasteiger partial charge in [-0.1, -0.05) is 0 Å². The van der Waals surface area contributed by atoms with Crippen LogP contribution in [-0.2, 0) is 20.1 Å². The Morgan fingerprint density at radius 1 is 1.40 bits per heavy atom. The molecule has 0 amide bonds. The van der Waals surface area contributed by atoms with Crippen LogP contribution in [0.5, 0.6) is 0 Å². The molecule has 2 aromatic rings. The summed E-state index contributed by atoms with van der Waals surface area (Å²) in [4.78, 5) is 0. The van der Waals surface area contributed by atoms with Gasteiger partial charge in [0, 0.05) is 13.6 Å². The zero-order valence-electron chi connectivity index (χ0n) is 8.90. The van der Waals surface area contributed by atoms with Gasteiger partial charge in [-0.15, -0.1) is 10.2 Å². The Morgan fingerprint density at radius 2 is 2.27 bits per heavy atom. The first-order valence-electron chi connectivity index (χ1n) is 4.84. The zero-order chi connectivity index (χ0) is 10.7. The second kappa shape index (κ2) is 4.55. The Balaban J connectivity index is 1.86. The molecule has 0 saturated carbocycles. The van der Waals surface area contributed by atoms with Crippen molar-refractivity contribution in [2.45, 2.75) is 20.0 Å². The topological polar surface area (TPSA) is 42.7 Å². The summed E-state index contributed by atoms with van der Waals surface area (Å²) >= 11 is 1.72. The van der Waals surface area contributed by atoms with Crippen LogP contribution in [0, 0.1) is 6.92 Å². The van der Waals surface area contributed by atoms with Crippen LogP contribution >= 0.6 is 11.3 Å². The second-order valence-electron chi connectivity index (χ2n) is 3.46. The van der Waals surface area contributed by atoms with Gasteiger partial charge < -0.3 is 9.88 Å². The quantitative estimate of drug-likeness (QED) is 0.852. The smallest absolute Gasteiger partial charge is 0.146 e. The molecule has 0 aromatic carbocycles. The van der Waals surface area contributed by atoms with Crippen molar-refractivity contribution in [3.05, 3.63) is 34.0 Å². The molecule has 5 heteroatoms. The third kappa shape index (κ3) is 2.43. The summed E-state index contributed by atoms with van der Waals surface area (Å²) in [5.74, 6) is 1.92. The van der Waals surface area contributed by atoms with Gasteiger partial charge in [0.25, 0.3) is 0 Å². The molecule has 0 aliphatic carbocycles. The first-order valence-corrected chi connectivity index (χ1v) is 5.78. The van der Waals surface area contributed by atoms with Crippen molar-refractivity contribution >= 4 is 11.3 Å². The van der Waals surface area contributed by atoms with Gasteiger partial charge in [-0.05, 0) is 29.3 Å². The van der Waals surface area contributed by atoms with Crippen molar-refractivity contribution in [1.82, 2.24) is 20.1 Å². The predicted molar refractivity (Wildman–Crippen MR) is 60.6 cm³/mol. The van der Waals surface area contributed by atoms with E-state index >= 15 is 0 Å². The molecule has 0 fully saturated rings. The zero-order valence-corrected chi connectivity index (χ0v) is 9.71. The molecule has 2 aromatic heterocycles. The van der Waals surface area contributed by atoms with Gasteiger partial charge in [0.15, 0.2) is 0 Å². The maximum Gasteiger partial charge on any atom is 0.146 e. The Labute approximate surface area is 93.0 Å². The Hall–Kier alpha value is -1.20. The summed E-state index contributed by atoms with van der Waals surface area (Å²) < 4.78 is 2.00. The summed E-state index contributed by atoms with van der Waals surface area (Å²) in [6, 6.07) is 2.12. The fourth-order valence-electron chi connectivity index (χ4n) is 1.32. The largest absolute Gasteiger partial charge is 0.317 e. The van der Waals surface area contributed by atoms with Gasteiger partial charge in [0.05, 0.1) is 6.54 Å². The van der Waals surface area contributed by atoms with E-state index in [1.165, 1.54) is 5.56 Å². The summed E-state index contributed by atoms with van der Waals surface area (Å²) in [5.41, 5.74) is 1.32. The molecule has 2 rings (SSSR count). The van der Waals surface area contributed by atoms with Crippen LogP contribution in [-0.4, -0.2) is 14.8 Å². The molecular formula is C10H14N4S. The van der Waals surface area contributed by atoms with E-state index in [2.05, 4.69) is 32.3 Å². The van der Waals surface area contributed by atoms with E-state index in [1.807, 2.05) is 18.5 Å². The third-order valence-electron chi connectivity index (χ3n) is 2.38. The standard InChI is InChI=1S/C10H14N4S/c1-8-12-13-10(14(8)2)6-11-5-9-3-4-15-7-9/h3-4,7,11H,5-6H2,1-2H3. The summed E-state index contributed by atoms with van der Waals surface area (Å²) in [7, 11) is 1.98. The van der Waals surface area contributed by atoms with Gasteiger partial charge in [0.1, 0.15) is 11.6 Å². The lowest BCUT2D eigenvalue weighted by Crippen LogP contribution is -2.15. The molecule has 0 spiro atoms. The van der Waals surface area contributed by atoms with Gasteiger partial charge in [0.2, 0.25) is 0 Å². The van der Waals surface area contributed by atoms with Gasteiger partial charge in [-0.2, -0.15) is 11.3 Å². The molecule has 0 bridgehead atoms. The maximum atomic E-state index is 4.09.